The van der Waals surface area contributed by atoms with Crippen LogP contribution in [0.2, 0.25) is 0 Å². The Morgan fingerprint density at radius 3 is 2.43 bits per heavy atom. The van der Waals surface area contributed by atoms with Gasteiger partial charge in [0.1, 0.15) is 5.60 Å². The second-order valence-electron chi connectivity index (χ2n) is 6.64. The van der Waals surface area contributed by atoms with Crippen molar-refractivity contribution in [2.75, 3.05) is 20.2 Å². The van der Waals surface area contributed by atoms with Gasteiger partial charge in [0.2, 0.25) is 0 Å². The minimum Gasteiger partial charge on any atom is -0.469 e. The van der Waals surface area contributed by atoms with Gasteiger partial charge in [0, 0.05) is 23.5 Å². The van der Waals surface area contributed by atoms with E-state index >= 15 is 0 Å². The molecule has 0 aromatic heterocycles. The molecule has 1 aromatic rings. The molecule has 1 aliphatic heterocycles. The van der Waals surface area contributed by atoms with E-state index in [1.807, 2.05) is 45.0 Å². The zero-order valence-electron chi connectivity index (χ0n) is 13.8. The summed E-state index contributed by atoms with van der Waals surface area (Å²) < 4.78 is 11.3. The van der Waals surface area contributed by atoms with Crippen molar-refractivity contribution in [3.63, 3.8) is 0 Å². The maximum atomic E-state index is 12.3. The quantitative estimate of drug-likeness (QED) is 0.732. The Labute approximate surface area is 145 Å². The van der Waals surface area contributed by atoms with E-state index in [1.54, 1.807) is 4.90 Å². The van der Waals surface area contributed by atoms with Gasteiger partial charge in [-0.1, -0.05) is 34.1 Å². The summed E-state index contributed by atoms with van der Waals surface area (Å²) in [5.41, 5.74) is 0.428. The lowest BCUT2D eigenvalue weighted by Crippen LogP contribution is -2.36. The van der Waals surface area contributed by atoms with Crippen molar-refractivity contribution < 1.29 is 19.1 Å². The number of carbonyl (C=O) groups excluding carboxylic acids is 2. The molecule has 1 heterocycles. The summed E-state index contributed by atoms with van der Waals surface area (Å²) in [5, 5.41) is 0. The van der Waals surface area contributed by atoms with E-state index in [0.29, 0.717) is 13.1 Å². The molecule has 1 fully saturated rings. The molecule has 2 unspecified atom stereocenters. The Kier molecular flexibility index (Phi) is 5.34. The number of esters is 1. The van der Waals surface area contributed by atoms with E-state index in [9.17, 15) is 9.59 Å². The molecule has 126 valence electrons. The van der Waals surface area contributed by atoms with Gasteiger partial charge in [-0.2, -0.15) is 0 Å². The third-order valence-corrected chi connectivity index (χ3v) is 4.50. The van der Waals surface area contributed by atoms with Crippen LogP contribution in [0.15, 0.2) is 28.7 Å². The minimum atomic E-state index is -0.566. The van der Waals surface area contributed by atoms with Crippen LogP contribution in [-0.2, 0) is 14.3 Å². The smallest absolute Gasteiger partial charge is 0.410 e. The molecule has 0 radical (unpaired) electrons. The van der Waals surface area contributed by atoms with E-state index in [-0.39, 0.29) is 11.9 Å². The molecule has 0 aliphatic carbocycles. The van der Waals surface area contributed by atoms with Gasteiger partial charge < -0.3 is 14.4 Å². The predicted octanol–water partition coefficient (Wildman–Crippen LogP) is 3.57. The third kappa shape index (κ3) is 4.25. The molecular weight excluding hydrogens is 362 g/mol. The largest absolute Gasteiger partial charge is 0.469 e. The van der Waals surface area contributed by atoms with Crippen LogP contribution >= 0.6 is 15.9 Å². The Bertz CT molecular complexity index is 597. The summed E-state index contributed by atoms with van der Waals surface area (Å²) in [6, 6.07) is 7.73. The standard InChI is InChI=1S/C17H22BrNO4/c1-17(2,3)23-16(21)19-9-12(13(10-19)15(20)22-4)11-7-5-6-8-14(11)18/h5-8,12-13H,9-10H2,1-4H3. The zero-order chi connectivity index (χ0) is 17.2. The highest BCUT2D eigenvalue weighted by Gasteiger charge is 2.42. The molecule has 1 aromatic carbocycles. The Morgan fingerprint density at radius 1 is 1.22 bits per heavy atom. The van der Waals surface area contributed by atoms with Gasteiger partial charge in [0.15, 0.2) is 0 Å². The highest BCUT2D eigenvalue weighted by molar-refractivity contribution is 9.10. The van der Waals surface area contributed by atoms with E-state index in [2.05, 4.69) is 15.9 Å². The molecule has 0 spiro atoms. The number of hydrogen-bond donors (Lipinski definition) is 0. The van der Waals surface area contributed by atoms with Crippen LogP contribution in [0.25, 0.3) is 0 Å². The first-order valence-electron chi connectivity index (χ1n) is 7.53. The number of methoxy groups -OCH3 is 1. The molecule has 1 saturated heterocycles. The number of hydrogen-bond acceptors (Lipinski definition) is 4. The van der Waals surface area contributed by atoms with Crippen LogP contribution in [0.4, 0.5) is 4.79 Å². The molecule has 0 N–H and O–H groups in total. The highest BCUT2D eigenvalue weighted by Crippen LogP contribution is 2.37. The lowest BCUT2D eigenvalue weighted by atomic mass is 9.89. The van der Waals surface area contributed by atoms with Crippen LogP contribution in [0, 0.1) is 5.92 Å². The fourth-order valence-electron chi connectivity index (χ4n) is 2.76. The molecule has 1 amide bonds. The molecule has 5 nitrogen and oxygen atoms in total. The monoisotopic (exact) mass is 383 g/mol. The van der Waals surface area contributed by atoms with Crippen molar-refractivity contribution in [3.8, 4) is 0 Å². The van der Waals surface area contributed by atoms with Crippen LogP contribution in [-0.4, -0.2) is 42.8 Å². The third-order valence-electron chi connectivity index (χ3n) is 3.78. The molecule has 0 bridgehead atoms. The van der Waals surface area contributed by atoms with Crippen LogP contribution in [0.1, 0.15) is 32.3 Å². The fraction of sp³-hybridized carbons (Fsp3) is 0.529. The molecule has 1 aliphatic rings. The molecule has 0 saturated carbocycles. The Morgan fingerprint density at radius 2 is 1.87 bits per heavy atom. The van der Waals surface area contributed by atoms with Crippen molar-refractivity contribution in [2.45, 2.75) is 32.3 Å². The molecule has 23 heavy (non-hydrogen) atoms. The zero-order valence-corrected chi connectivity index (χ0v) is 15.4. The van der Waals surface area contributed by atoms with Gasteiger partial charge in [-0.15, -0.1) is 0 Å². The number of likely N-dealkylation sites (tertiary alicyclic amines) is 1. The fourth-order valence-corrected chi connectivity index (χ4v) is 3.34. The van der Waals surface area contributed by atoms with Gasteiger partial charge in [-0.25, -0.2) is 4.79 Å². The first-order chi connectivity index (χ1) is 10.7. The van der Waals surface area contributed by atoms with Crippen LogP contribution in [0.3, 0.4) is 0 Å². The van der Waals surface area contributed by atoms with Crippen LogP contribution in [0.5, 0.6) is 0 Å². The number of carbonyl (C=O) groups is 2. The number of nitrogens with zero attached hydrogens (tertiary/aromatic N) is 1. The summed E-state index contributed by atoms with van der Waals surface area (Å²) in [7, 11) is 1.37. The number of rotatable bonds is 2. The maximum Gasteiger partial charge on any atom is 0.410 e. The second kappa shape index (κ2) is 6.91. The Hall–Kier alpha value is -1.56. The van der Waals surface area contributed by atoms with Gasteiger partial charge in [-0.3, -0.25) is 4.79 Å². The van der Waals surface area contributed by atoms with Gasteiger partial charge >= 0.3 is 12.1 Å². The summed E-state index contributed by atoms with van der Waals surface area (Å²) in [6.45, 7) is 6.20. The summed E-state index contributed by atoms with van der Waals surface area (Å²) in [4.78, 5) is 26.0. The minimum absolute atomic E-state index is 0.120. The number of halogens is 1. The number of benzene rings is 1. The van der Waals surface area contributed by atoms with Gasteiger partial charge in [-0.05, 0) is 32.4 Å². The van der Waals surface area contributed by atoms with E-state index in [4.69, 9.17) is 9.47 Å². The summed E-state index contributed by atoms with van der Waals surface area (Å²) in [6.07, 6.45) is -0.402. The van der Waals surface area contributed by atoms with Crippen molar-refractivity contribution in [3.05, 3.63) is 34.3 Å². The lowest BCUT2D eigenvalue weighted by molar-refractivity contribution is -0.145. The van der Waals surface area contributed by atoms with Crippen molar-refractivity contribution >= 4 is 28.0 Å². The average molecular weight is 384 g/mol. The topological polar surface area (TPSA) is 55.8 Å². The van der Waals surface area contributed by atoms with Crippen molar-refractivity contribution in [2.24, 2.45) is 5.92 Å². The summed E-state index contributed by atoms with van der Waals surface area (Å²) in [5.74, 6) is -0.825. The normalized spacial score (nSPS) is 21.2. The molecular formula is C17H22BrNO4. The van der Waals surface area contributed by atoms with Crippen LogP contribution < -0.4 is 0 Å². The SMILES string of the molecule is COC(=O)C1CN(C(=O)OC(C)(C)C)CC1c1ccccc1Br. The molecule has 2 atom stereocenters. The van der Waals surface area contributed by atoms with E-state index in [0.717, 1.165) is 10.0 Å². The summed E-state index contributed by atoms with van der Waals surface area (Å²) >= 11 is 3.52. The average Bonchev–Trinajstić information content (AvgIpc) is 2.90. The van der Waals surface area contributed by atoms with Crippen molar-refractivity contribution in [1.29, 1.82) is 0 Å². The number of amides is 1. The lowest BCUT2D eigenvalue weighted by Gasteiger charge is -2.24. The van der Waals surface area contributed by atoms with E-state index in [1.165, 1.54) is 7.11 Å². The predicted molar refractivity (Wildman–Crippen MR) is 90.2 cm³/mol. The Balaban J connectivity index is 2.25. The first kappa shape index (κ1) is 17.8. The second-order valence-corrected chi connectivity index (χ2v) is 7.50. The van der Waals surface area contributed by atoms with Gasteiger partial charge in [0.25, 0.3) is 0 Å². The van der Waals surface area contributed by atoms with E-state index < -0.39 is 17.6 Å². The van der Waals surface area contributed by atoms with Crippen molar-refractivity contribution in [1.82, 2.24) is 4.90 Å². The first-order valence-corrected chi connectivity index (χ1v) is 8.32. The van der Waals surface area contributed by atoms with Gasteiger partial charge in [0.05, 0.1) is 13.0 Å². The number of ether oxygens (including phenoxy) is 2. The molecule has 6 heteroatoms. The molecule has 2 rings (SSSR count). The highest BCUT2D eigenvalue weighted by atomic mass is 79.9. The maximum absolute atomic E-state index is 12.3.